The lowest BCUT2D eigenvalue weighted by Gasteiger charge is -2.19. The Morgan fingerprint density at radius 2 is 2.06 bits per heavy atom. The molecule has 18 heavy (non-hydrogen) atoms. The second-order valence-corrected chi connectivity index (χ2v) is 5.46. The van der Waals surface area contributed by atoms with E-state index in [4.69, 9.17) is 9.47 Å². The fraction of sp³-hybridized carbons (Fsp3) is 0.500. The number of ether oxygens (including phenoxy) is 2. The fourth-order valence-corrected chi connectivity index (χ4v) is 1.88. The van der Waals surface area contributed by atoms with E-state index in [0.29, 0.717) is 17.2 Å². The van der Waals surface area contributed by atoms with Gasteiger partial charge in [-0.2, -0.15) is 0 Å². The summed E-state index contributed by atoms with van der Waals surface area (Å²) in [6.07, 6.45) is -0.542. The molecule has 0 spiro atoms. The molecule has 0 saturated heterocycles. The van der Waals surface area contributed by atoms with Gasteiger partial charge < -0.3 is 9.47 Å². The predicted molar refractivity (Wildman–Crippen MR) is 70.1 cm³/mol. The number of amides is 1. The van der Waals surface area contributed by atoms with Gasteiger partial charge in [0.15, 0.2) is 0 Å². The summed E-state index contributed by atoms with van der Waals surface area (Å²) in [4.78, 5) is 22.9. The smallest absolute Gasteiger partial charge is 0.412 e. The number of carbonyl (C=O) groups is 2. The minimum absolute atomic E-state index is 0.323. The zero-order valence-electron chi connectivity index (χ0n) is 10.9. The maximum Gasteiger partial charge on any atom is 0.412 e. The summed E-state index contributed by atoms with van der Waals surface area (Å²) in [6, 6.07) is 1.56. The highest BCUT2D eigenvalue weighted by molar-refractivity contribution is 7.14. The van der Waals surface area contributed by atoms with Gasteiger partial charge in [-0.05, 0) is 33.8 Å². The van der Waals surface area contributed by atoms with Crippen molar-refractivity contribution >= 4 is 28.4 Å². The Morgan fingerprint density at radius 1 is 1.39 bits per heavy atom. The Labute approximate surface area is 110 Å². The Balaban J connectivity index is 2.59. The number of rotatable bonds is 3. The number of esters is 1. The average molecular weight is 271 g/mol. The first-order valence-electron chi connectivity index (χ1n) is 5.57. The topological polar surface area (TPSA) is 64.6 Å². The van der Waals surface area contributed by atoms with Gasteiger partial charge in [-0.15, -0.1) is 11.3 Å². The van der Waals surface area contributed by atoms with Crippen molar-refractivity contribution in [3.8, 4) is 0 Å². The summed E-state index contributed by atoms with van der Waals surface area (Å²) >= 11 is 1.25. The maximum absolute atomic E-state index is 11.5. The number of hydrogen-bond donors (Lipinski definition) is 1. The molecule has 1 aromatic heterocycles. The highest BCUT2D eigenvalue weighted by Gasteiger charge is 2.17. The molecule has 100 valence electrons. The third kappa shape index (κ3) is 4.75. The Hall–Kier alpha value is -1.56. The van der Waals surface area contributed by atoms with Crippen molar-refractivity contribution in [2.45, 2.75) is 33.3 Å². The van der Waals surface area contributed by atoms with E-state index < -0.39 is 17.7 Å². The second-order valence-electron chi connectivity index (χ2n) is 4.55. The fourth-order valence-electron chi connectivity index (χ4n) is 1.13. The van der Waals surface area contributed by atoms with Crippen LogP contribution in [0.15, 0.2) is 11.4 Å². The highest BCUT2D eigenvalue weighted by Crippen LogP contribution is 2.22. The van der Waals surface area contributed by atoms with Gasteiger partial charge in [-0.3, -0.25) is 5.32 Å². The minimum Gasteiger partial charge on any atom is -0.462 e. The number of anilines is 1. The molecule has 0 aromatic carbocycles. The summed E-state index contributed by atoms with van der Waals surface area (Å²) in [5, 5.41) is 4.74. The summed E-state index contributed by atoms with van der Waals surface area (Å²) in [5.41, 5.74) is -0.126. The molecule has 0 bridgehead atoms. The van der Waals surface area contributed by atoms with Crippen LogP contribution < -0.4 is 5.32 Å². The zero-order chi connectivity index (χ0) is 13.8. The quantitative estimate of drug-likeness (QED) is 0.857. The van der Waals surface area contributed by atoms with Crippen LogP contribution >= 0.6 is 11.3 Å². The van der Waals surface area contributed by atoms with Gasteiger partial charge >= 0.3 is 12.1 Å². The third-order valence-corrected chi connectivity index (χ3v) is 2.58. The third-order valence-electron chi connectivity index (χ3n) is 1.73. The first kappa shape index (κ1) is 14.5. The molecule has 1 heterocycles. The van der Waals surface area contributed by atoms with Crippen LogP contribution in [0.2, 0.25) is 0 Å². The van der Waals surface area contributed by atoms with E-state index in [1.54, 1.807) is 39.1 Å². The molecule has 0 aliphatic heterocycles. The van der Waals surface area contributed by atoms with Crippen LogP contribution in [0, 0.1) is 0 Å². The van der Waals surface area contributed by atoms with E-state index in [0.717, 1.165) is 0 Å². The molecule has 1 rings (SSSR count). The standard InChI is InChI=1S/C12H17NO4S/c1-5-16-10(14)8-6-9(18-7-8)13-11(15)17-12(2,3)4/h6-7H,5H2,1-4H3,(H,13,15). The summed E-state index contributed by atoms with van der Waals surface area (Å²) in [6.45, 7) is 7.41. The van der Waals surface area contributed by atoms with Crippen LogP contribution in [0.1, 0.15) is 38.1 Å². The van der Waals surface area contributed by atoms with Gasteiger partial charge in [0.1, 0.15) is 5.60 Å². The predicted octanol–water partition coefficient (Wildman–Crippen LogP) is 3.27. The average Bonchev–Trinajstić information content (AvgIpc) is 2.63. The van der Waals surface area contributed by atoms with E-state index in [9.17, 15) is 9.59 Å². The van der Waals surface area contributed by atoms with Crippen LogP contribution in [0.5, 0.6) is 0 Å². The van der Waals surface area contributed by atoms with Crippen molar-refractivity contribution in [3.63, 3.8) is 0 Å². The van der Waals surface area contributed by atoms with Gasteiger partial charge in [0, 0.05) is 5.38 Å². The molecular weight excluding hydrogens is 254 g/mol. The Bertz CT molecular complexity index is 434. The van der Waals surface area contributed by atoms with Crippen molar-refractivity contribution in [2.24, 2.45) is 0 Å². The Kier molecular flexibility index (Phi) is 4.72. The Morgan fingerprint density at radius 3 is 2.61 bits per heavy atom. The van der Waals surface area contributed by atoms with E-state index in [-0.39, 0.29) is 0 Å². The van der Waals surface area contributed by atoms with Crippen molar-refractivity contribution in [1.29, 1.82) is 0 Å². The lowest BCUT2D eigenvalue weighted by Crippen LogP contribution is -2.26. The minimum atomic E-state index is -0.550. The molecule has 0 fully saturated rings. The number of thiophene rings is 1. The van der Waals surface area contributed by atoms with Crippen LogP contribution in [0.3, 0.4) is 0 Å². The van der Waals surface area contributed by atoms with Crippen molar-refractivity contribution in [2.75, 3.05) is 11.9 Å². The number of carbonyl (C=O) groups excluding carboxylic acids is 2. The van der Waals surface area contributed by atoms with Gasteiger partial charge in [0.05, 0.1) is 17.2 Å². The van der Waals surface area contributed by atoms with Gasteiger partial charge in [0.25, 0.3) is 0 Å². The van der Waals surface area contributed by atoms with E-state index in [2.05, 4.69) is 5.32 Å². The zero-order valence-corrected chi connectivity index (χ0v) is 11.7. The number of nitrogens with one attached hydrogen (secondary N) is 1. The molecule has 1 aromatic rings. The van der Waals surface area contributed by atoms with Crippen LogP contribution in [-0.2, 0) is 9.47 Å². The largest absolute Gasteiger partial charge is 0.462 e. The molecule has 0 saturated carbocycles. The van der Waals surface area contributed by atoms with Gasteiger partial charge in [-0.1, -0.05) is 0 Å². The SMILES string of the molecule is CCOC(=O)c1csc(NC(=O)OC(C)(C)C)c1. The highest BCUT2D eigenvalue weighted by atomic mass is 32.1. The lowest BCUT2D eigenvalue weighted by atomic mass is 10.2. The first-order valence-corrected chi connectivity index (χ1v) is 6.45. The first-order chi connectivity index (χ1) is 8.31. The second kappa shape index (κ2) is 5.86. The number of hydrogen-bond acceptors (Lipinski definition) is 5. The van der Waals surface area contributed by atoms with Crippen molar-refractivity contribution in [3.05, 3.63) is 17.0 Å². The molecule has 5 nitrogen and oxygen atoms in total. The molecule has 0 radical (unpaired) electrons. The monoisotopic (exact) mass is 271 g/mol. The molecule has 0 aliphatic rings. The molecule has 0 aliphatic carbocycles. The molecule has 1 N–H and O–H groups in total. The lowest BCUT2D eigenvalue weighted by molar-refractivity contribution is 0.0525. The molecule has 0 unspecified atom stereocenters. The van der Waals surface area contributed by atoms with Gasteiger partial charge in [0.2, 0.25) is 0 Å². The van der Waals surface area contributed by atoms with Gasteiger partial charge in [-0.25, -0.2) is 9.59 Å². The van der Waals surface area contributed by atoms with E-state index >= 15 is 0 Å². The molecule has 0 atom stereocenters. The van der Waals surface area contributed by atoms with Crippen LogP contribution in [0.25, 0.3) is 0 Å². The summed E-state index contributed by atoms with van der Waals surface area (Å²) < 4.78 is 9.95. The summed E-state index contributed by atoms with van der Waals surface area (Å²) in [5.74, 6) is -0.397. The normalized spacial score (nSPS) is 10.9. The van der Waals surface area contributed by atoms with E-state index in [1.807, 2.05) is 0 Å². The summed E-state index contributed by atoms with van der Waals surface area (Å²) in [7, 11) is 0. The molecule has 6 heteroatoms. The van der Waals surface area contributed by atoms with Crippen LogP contribution in [0.4, 0.5) is 9.80 Å². The van der Waals surface area contributed by atoms with Crippen molar-refractivity contribution in [1.82, 2.24) is 0 Å². The molecule has 1 amide bonds. The molecular formula is C12H17NO4S. The van der Waals surface area contributed by atoms with E-state index in [1.165, 1.54) is 11.3 Å². The van der Waals surface area contributed by atoms with Crippen molar-refractivity contribution < 1.29 is 19.1 Å². The maximum atomic E-state index is 11.5. The van der Waals surface area contributed by atoms with Crippen LogP contribution in [-0.4, -0.2) is 24.3 Å².